The van der Waals surface area contributed by atoms with Crippen molar-refractivity contribution in [1.29, 1.82) is 0 Å². The molecule has 1 rings (SSSR count). The van der Waals surface area contributed by atoms with Crippen molar-refractivity contribution in [2.75, 3.05) is 0 Å². The maximum absolute atomic E-state index is 9.97. The van der Waals surface area contributed by atoms with E-state index in [1.165, 1.54) is 0 Å². The highest BCUT2D eigenvalue weighted by atomic mass is 16.7. The van der Waals surface area contributed by atoms with Crippen LogP contribution in [0.2, 0.25) is 0 Å². The maximum atomic E-state index is 9.97. The normalized spacial score (nSPS) is 28.8. The first-order valence-electron chi connectivity index (χ1n) is 3.27. The molecule has 5 heteroatoms. The van der Waals surface area contributed by atoms with Gasteiger partial charge in [0, 0.05) is 0 Å². The molecule has 0 aromatic carbocycles. The first-order chi connectivity index (χ1) is 5.20. The van der Waals surface area contributed by atoms with Gasteiger partial charge in [0.2, 0.25) is 0 Å². The number of hydrogen-bond donors (Lipinski definition) is 3. The number of amides is 1. The van der Waals surface area contributed by atoms with Gasteiger partial charge in [-0.1, -0.05) is 12.2 Å². The Bertz CT molecular complexity index is 181. The third kappa shape index (κ3) is 2.21. The van der Waals surface area contributed by atoms with Gasteiger partial charge >= 0.3 is 6.09 Å². The lowest BCUT2D eigenvalue weighted by Gasteiger charge is -2.14. The Morgan fingerprint density at radius 3 is 3.00 bits per heavy atom. The van der Waals surface area contributed by atoms with Crippen molar-refractivity contribution in [2.45, 2.75) is 18.6 Å². The molecule has 0 saturated carbocycles. The van der Waals surface area contributed by atoms with Gasteiger partial charge in [-0.25, -0.2) is 4.79 Å². The summed E-state index contributed by atoms with van der Waals surface area (Å²) in [6.45, 7) is 0. The van der Waals surface area contributed by atoms with Gasteiger partial charge < -0.3 is 10.8 Å². The number of carboxylic acid groups (broad SMARTS) is 1. The highest BCUT2D eigenvalue weighted by Gasteiger charge is 2.20. The second-order valence-corrected chi connectivity index (χ2v) is 2.30. The van der Waals surface area contributed by atoms with Crippen molar-refractivity contribution in [3.8, 4) is 0 Å². The van der Waals surface area contributed by atoms with E-state index in [4.69, 9.17) is 15.7 Å². The summed E-state index contributed by atoms with van der Waals surface area (Å²) >= 11 is 0. The highest BCUT2D eigenvalue weighted by Crippen LogP contribution is 2.10. The number of rotatable bonds is 2. The van der Waals surface area contributed by atoms with Crippen LogP contribution in [-0.4, -0.2) is 23.3 Å². The highest BCUT2D eigenvalue weighted by molar-refractivity contribution is 5.62. The summed E-state index contributed by atoms with van der Waals surface area (Å²) in [5, 5.41) is 8.16. The molecule has 1 amide bonds. The van der Waals surface area contributed by atoms with Crippen LogP contribution in [0.3, 0.4) is 0 Å². The molecule has 11 heavy (non-hydrogen) atoms. The van der Waals surface area contributed by atoms with Crippen molar-refractivity contribution in [3.63, 3.8) is 0 Å². The zero-order valence-electron chi connectivity index (χ0n) is 5.86. The topological polar surface area (TPSA) is 84.6 Å². The molecule has 0 aromatic heterocycles. The molecule has 0 saturated heterocycles. The summed E-state index contributed by atoms with van der Waals surface area (Å²) in [6, 6.07) is -0.207. The van der Waals surface area contributed by atoms with Crippen LogP contribution in [0.25, 0.3) is 0 Å². The maximum Gasteiger partial charge on any atom is 0.428 e. The van der Waals surface area contributed by atoms with E-state index in [0.717, 1.165) is 0 Å². The van der Waals surface area contributed by atoms with Crippen LogP contribution in [-0.2, 0) is 4.84 Å². The van der Waals surface area contributed by atoms with Gasteiger partial charge in [0.1, 0.15) is 6.10 Å². The minimum Gasteiger partial charge on any atom is -0.464 e. The molecule has 0 radical (unpaired) electrons. The third-order valence-electron chi connectivity index (χ3n) is 1.45. The fourth-order valence-electron chi connectivity index (χ4n) is 0.904. The van der Waals surface area contributed by atoms with Gasteiger partial charge in [-0.15, -0.1) is 0 Å². The molecule has 0 bridgehead atoms. The average molecular weight is 158 g/mol. The minimum absolute atomic E-state index is 0.207. The van der Waals surface area contributed by atoms with Gasteiger partial charge in [0.05, 0.1) is 6.04 Å². The second-order valence-electron chi connectivity index (χ2n) is 2.30. The summed E-state index contributed by atoms with van der Waals surface area (Å²) < 4.78 is 0. The predicted octanol–water partition coefficient (Wildman–Crippen LogP) is -0.159. The molecule has 62 valence electrons. The van der Waals surface area contributed by atoms with Crippen molar-refractivity contribution in [3.05, 3.63) is 12.2 Å². The van der Waals surface area contributed by atoms with Gasteiger partial charge in [-0.05, 0) is 6.42 Å². The van der Waals surface area contributed by atoms with Gasteiger partial charge in [0.15, 0.2) is 0 Å². The SMILES string of the molecule is NC1C=CCC1ONC(=O)O. The van der Waals surface area contributed by atoms with E-state index in [2.05, 4.69) is 0 Å². The van der Waals surface area contributed by atoms with Gasteiger partial charge in [-0.3, -0.25) is 4.84 Å². The number of nitrogens with one attached hydrogen (secondary N) is 1. The summed E-state index contributed by atoms with van der Waals surface area (Å²) in [5.41, 5.74) is 7.33. The Morgan fingerprint density at radius 2 is 2.55 bits per heavy atom. The van der Waals surface area contributed by atoms with Crippen molar-refractivity contribution >= 4 is 6.09 Å². The standard InChI is InChI=1S/C6H10N2O3/c7-4-2-1-3-5(4)11-8-6(9)10/h1-2,4-5,8H,3,7H2,(H,9,10). The fourth-order valence-corrected chi connectivity index (χ4v) is 0.904. The number of hydrogen-bond acceptors (Lipinski definition) is 3. The van der Waals surface area contributed by atoms with Crippen LogP contribution < -0.4 is 11.2 Å². The zero-order valence-corrected chi connectivity index (χ0v) is 5.86. The monoisotopic (exact) mass is 158 g/mol. The Kier molecular flexibility index (Phi) is 2.45. The molecule has 1 aliphatic rings. The molecule has 5 nitrogen and oxygen atoms in total. The lowest BCUT2D eigenvalue weighted by atomic mass is 10.2. The van der Waals surface area contributed by atoms with Crippen molar-refractivity contribution in [1.82, 2.24) is 5.48 Å². The van der Waals surface area contributed by atoms with Crippen molar-refractivity contribution < 1.29 is 14.7 Å². The molecule has 4 N–H and O–H groups in total. The lowest BCUT2D eigenvalue weighted by Crippen LogP contribution is -2.37. The molecule has 0 aliphatic heterocycles. The second kappa shape index (κ2) is 3.36. The molecule has 2 atom stereocenters. The number of carbonyl (C=O) groups is 1. The summed E-state index contributed by atoms with van der Waals surface area (Å²) in [6.07, 6.45) is 2.84. The molecule has 0 aromatic rings. The summed E-state index contributed by atoms with van der Waals surface area (Å²) in [4.78, 5) is 14.7. The minimum atomic E-state index is -1.20. The van der Waals surface area contributed by atoms with Crippen LogP contribution in [0.1, 0.15) is 6.42 Å². The van der Waals surface area contributed by atoms with Crippen molar-refractivity contribution in [2.24, 2.45) is 5.73 Å². The molecule has 0 spiro atoms. The van der Waals surface area contributed by atoms with E-state index in [1.54, 1.807) is 6.08 Å². The van der Waals surface area contributed by atoms with E-state index in [9.17, 15) is 4.79 Å². The van der Waals surface area contributed by atoms with E-state index >= 15 is 0 Å². The summed E-state index contributed by atoms with van der Waals surface area (Å²) in [7, 11) is 0. The Labute approximate surface area is 63.8 Å². The van der Waals surface area contributed by atoms with Crippen LogP contribution in [0.4, 0.5) is 4.79 Å². The smallest absolute Gasteiger partial charge is 0.428 e. The largest absolute Gasteiger partial charge is 0.464 e. The molecule has 2 unspecified atom stereocenters. The average Bonchev–Trinajstić information content (AvgIpc) is 2.31. The quantitative estimate of drug-likeness (QED) is 0.385. The van der Waals surface area contributed by atoms with E-state index < -0.39 is 6.09 Å². The Hall–Kier alpha value is -1.07. The van der Waals surface area contributed by atoms with Gasteiger partial charge in [0.25, 0.3) is 0 Å². The summed E-state index contributed by atoms with van der Waals surface area (Å²) in [5.74, 6) is 0. The Balaban J connectivity index is 2.23. The van der Waals surface area contributed by atoms with E-state index in [1.807, 2.05) is 11.6 Å². The zero-order chi connectivity index (χ0) is 8.27. The molecule has 1 aliphatic carbocycles. The van der Waals surface area contributed by atoms with Gasteiger partial charge in [-0.2, -0.15) is 5.48 Å². The molecule has 0 fully saturated rings. The molecular weight excluding hydrogens is 148 g/mol. The third-order valence-corrected chi connectivity index (χ3v) is 1.45. The predicted molar refractivity (Wildman–Crippen MR) is 37.8 cm³/mol. The van der Waals surface area contributed by atoms with Crippen LogP contribution in [0.5, 0.6) is 0 Å². The first-order valence-corrected chi connectivity index (χ1v) is 3.27. The molecule has 0 heterocycles. The number of nitrogens with two attached hydrogens (primary N) is 1. The molecular formula is C6H10N2O3. The first kappa shape index (κ1) is 8.03. The van der Waals surface area contributed by atoms with E-state index in [0.29, 0.717) is 6.42 Å². The van der Waals surface area contributed by atoms with E-state index in [-0.39, 0.29) is 12.1 Å². The lowest BCUT2D eigenvalue weighted by molar-refractivity contribution is -0.0157. The van der Waals surface area contributed by atoms with Crippen LogP contribution in [0.15, 0.2) is 12.2 Å². The fraction of sp³-hybridized carbons (Fsp3) is 0.500. The Morgan fingerprint density at radius 1 is 1.82 bits per heavy atom. The number of hydroxylamine groups is 1. The van der Waals surface area contributed by atoms with Crippen LogP contribution >= 0.6 is 0 Å². The van der Waals surface area contributed by atoms with Crippen LogP contribution in [0, 0.1) is 0 Å².